The number of ether oxygens (including phenoxy) is 1. The van der Waals surface area contributed by atoms with E-state index in [0.29, 0.717) is 19.7 Å². The molecule has 2 N–H and O–H groups in total. The van der Waals surface area contributed by atoms with E-state index in [1.165, 1.54) is 0 Å². The highest BCUT2D eigenvalue weighted by atomic mass is 16.5. The van der Waals surface area contributed by atoms with Gasteiger partial charge in [0.15, 0.2) is 0 Å². The van der Waals surface area contributed by atoms with E-state index in [9.17, 15) is 4.79 Å². The van der Waals surface area contributed by atoms with Crippen molar-refractivity contribution in [2.24, 2.45) is 11.1 Å². The third-order valence-electron chi connectivity index (χ3n) is 3.46. The van der Waals surface area contributed by atoms with Gasteiger partial charge in [-0.1, -0.05) is 39.0 Å². The van der Waals surface area contributed by atoms with E-state index < -0.39 is 6.04 Å². The third-order valence-corrected chi connectivity index (χ3v) is 3.46. The number of nitrogens with two attached hydrogens (primary N) is 1. The van der Waals surface area contributed by atoms with Gasteiger partial charge in [-0.2, -0.15) is 0 Å². The molecule has 0 spiro atoms. The Bertz CT molecular complexity index is 465. The zero-order valence-electron chi connectivity index (χ0n) is 11.8. The third kappa shape index (κ3) is 3.07. The SMILES string of the molecule is CC(C)(C)[C@@H](N)C(=O)N1CCOc2ccccc2C1. The lowest BCUT2D eigenvalue weighted by molar-refractivity contribution is -0.135. The summed E-state index contributed by atoms with van der Waals surface area (Å²) in [5, 5.41) is 0. The number of carbonyl (C=O) groups excluding carboxylic acids is 1. The van der Waals surface area contributed by atoms with Gasteiger partial charge in [-0.15, -0.1) is 0 Å². The number of carbonyl (C=O) groups is 1. The first-order chi connectivity index (χ1) is 8.89. The molecule has 0 aromatic heterocycles. The van der Waals surface area contributed by atoms with Gasteiger partial charge in [-0.25, -0.2) is 0 Å². The van der Waals surface area contributed by atoms with E-state index in [2.05, 4.69) is 0 Å². The average Bonchev–Trinajstić information content (AvgIpc) is 2.57. The van der Waals surface area contributed by atoms with Crippen LogP contribution in [0.15, 0.2) is 24.3 Å². The van der Waals surface area contributed by atoms with Gasteiger partial charge >= 0.3 is 0 Å². The van der Waals surface area contributed by atoms with Crippen LogP contribution >= 0.6 is 0 Å². The molecular weight excluding hydrogens is 240 g/mol. The number of benzene rings is 1. The molecule has 1 atom stereocenters. The van der Waals surface area contributed by atoms with E-state index in [1.807, 2.05) is 45.0 Å². The van der Waals surface area contributed by atoms with Crippen molar-refractivity contribution in [1.29, 1.82) is 0 Å². The van der Waals surface area contributed by atoms with Gasteiger partial charge in [0.2, 0.25) is 5.91 Å². The second-order valence-electron chi connectivity index (χ2n) is 6.06. The highest BCUT2D eigenvalue weighted by molar-refractivity contribution is 5.82. The molecular formula is C15H22N2O2. The van der Waals surface area contributed by atoms with Crippen LogP contribution in [0.4, 0.5) is 0 Å². The van der Waals surface area contributed by atoms with Crippen LogP contribution in [0, 0.1) is 5.41 Å². The molecule has 0 fully saturated rings. The molecule has 1 aromatic carbocycles. The Morgan fingerprint density at radius 3 is 2.74 bits per heavy atom. The normalized spacial score (nSPS) is 17.2. The van der Waals surface area contributed by atoms with Crippen molar-refractivity contribution in [3.8, 4) is 5.75 Å². The van der Waals surface area contributed by atoms with E-state index in [4.69, 9.17) is 10.5 Å². The van der Waals surface area contributed by atoms with Crippen molar-refractivity contribution in [3.05, 3.63) is 29.8 Å². The minimum atomic E-state index is -0.488. The zero-order valence-corrected chi connectivity index (χ0v) is 11.8. The highest BCUT2D eigenvalue weighted by Crippen LogP contribution is 2.25. The second kappa shape index (κ2) is 5.21. The summed E-state index contributed by atoms with van der Waals surface area (Å²) in [4.78, 5) is 14.2. The van der Waals surface area contributed by atoms with Gasteiger partial charge in [-0.3, -0.25) is 4.79 Å². The second-order valence-corrected chi connectivity index (χ2v) is 6.06. The van der Waals surface area contributed by atoms with Crippen LogP contribution in [0.5, 0.6) is 5.75 Å². The Kier molecular flexibility index (Phi) is 3.80. The summed E-state index contributed by atoms with van der Waals surface area (Å²) in [5.74, 6) is 0.856. The molecule has 0 unspecified atom stereocenters. The first-order valence-corrected chi connectivity index (χ1v) is 6.64. The summed E-state index contributed by atoms with van der Waals surface area (Å²) >= 11 is 0. The fraction of sp³-hybridized carbons (Fsp3) is 0.533. The number of nitrogens with zero attached hydrogens (tertiary/aromatic N) is 1. The maximum absolute atomic E-state index is 12.5. The molecule has 1 aliphatic rings. The van der Waals surface area contributed by atoms with E-state index in [0.717, 1.165) is 11.3 Å². The molecule has 0 saturated carbocycles. The molecule has 4 nitrogen and oxygen atoms in total. The van der Waals surface area contributed by atoms with Crippen LogP contribution in [0.1, 0.15) is 26.3 Å². The lowest BCUT2D eigenvalue weighted by Crippen LogP contribution is -2.50. The zero-order chi connectivity index (χ0) is 14.0. The quantitative estimate of drug-likeness (QED) is 0.839. The molecule has 0 bridgehead atoms. The van der Waals surface area contributed by atoms with Crippen molar-refractivity contribution >= 4 is 5.91 Å². The predicted molar refractivity (Wildman–Crippen MR) is 74.8 cm³/mol. The first kappa shape index (κ1) is 13.9. The Morgan fingerprint density at radius 2 is 2.05 bits per heavy atom. The largest absolute Gasteiger partial charge is 0.491 e. The Morgan fingerprint density at radius 1 is 1.37 bits per heavy atom. The van der Waals surface area contributed by atoms with Crippen molar-refractivity contribution < 1.29 is 9.53 Å². The summed E-state index contributed by atoms with van der Waals surface area (Å²) in [5.41, 5.74) is 6.87. The summed E-state index contributed by atoms with van der Waals surface area (Å²) in [6.07, 6.45) is 0. The molecule has 0 saturated heterocycles. The molecule has 1 amide bonds. The monoisotopic (exact) mass is 262 g/mol. The molecule has 1 heterocycles. The van der Waals surface area contributed by atoms with E-state index >= 15 is 0 Å². The maximum atomic E-state index is 12.5. The minimum Gasteiger partial charge on any atom is -0.491 e. The summed E-state index contributed by atoms with van der Waals surface area (Å²) < 4.78 is 5.66. The molecule has 2 rings (SSSR count). The molecule has 4 heteroatoms. The van der Waals surface area contributed by atoms with Gasteiger partial charge in [0, 0.05) is 12.1 Å². The maximum Gasteiger partial charge on any atom is 0.240 e. The molecule has 1 aliphatic heterocycles. The van der Waals surface area contributed by atoms with Crippen LogP contribution < -0.4 is 10.5 Å². The number of para-hydroxylation sites is 1. The standard InChI is InChI=1S/C15H22N2O2/c1-15(2,3)13(16)14(18)17-8-9-19-12-7-5-4-6-11(12)10-17/h4-7,13H,8-10,16H2,1-3H3/t13-/m0/s1. The predicted octanol–water partition coefficient (Wildman–Crippen LogP) is 1.78. The van der Waals surface area contributed by atoms with Crippen LogP contribution in [-0.2, 0) is 11.3 Å². The summed E-state index contributed by atoms with van der Waals surface area (Å²) in [6.45, 7) is 7.61. The molecule has 0 aliphatic carbocycles. The van der Waals surface area contributed by atoms with Gasteiger partial charge in [0.1, 0.15) is 12.4 Å². The van der Waals surface area contributed by atoms with Crippen LogP contribution in [0.2, 0.25) is 0 Å². The fourth-order valence-electron chi connectivity index (χ4n) is 2.08. The minimum absolute atomic E-state index is 0.00666. The van der Waals surface area contributed by atoms with Crippen molar-refractivity contribution in [1.82, 2.24) is 4.90 Å². The number of hydrogen-bond acceptors (Lipinski definition) is 3. The topological polar surface area (TPSA) is 55.6 Å². The van der Waals surface area contributed by atoms with Crippen molar-refractivity contribution in [2.75, 3.05) is 13.2 Å². The molecule has 19 heavy (non-hydrogen) atoms. The Labute approximate surface area is 114 Å². The lowest BCUT2D eigenvalue weighted by atomic mass is 9.86. The summed E-state index contributed by atoms with van der Waals surface area (Å²) in [6, 6.07) is 7.34. The van der Waals surface area contributed by atoms with E-state index in [1.54, 1.807) is 4.90 Å². The van der Waals surface area contributed by atoms with Crippen LogP contribution in [0.25, 0.3) is 0 Å². The molecule has 1 aromatic rings. The number of hydrogen-bond donors (Lipinski definition) is 1. The molecule has 104 valence electrons. The number of fused-ring (bicyclic) bond motifs is 1. The van der Waals surface area contributed by atoms with Crippen molar-refractivity contribution in [3.63, 3.8) is 0 Å². The number of rotatable bonds is 1. The van der Waals surface area contributed by atoms with E-state index in [-0.39, 0.29) is 11.3 Å². The van der Waals surface area contributed by atoms with Crippen LogP contribution in [0.3, 0.4) is 0 Å². The van der Waals surface area contributed by atoms with Gasteiger partial charge in [0.25, 0.3) is 0 Å². The lowest BCUT2D eigenvalue weighted by Gasteiger charge is -2.31. The first-order valence-electron chi connectivity index (χ1n) is 6.64. The van der Waals surface area contributed by atoms with Gasteiger partial charge in [0.05, 0.1) is 12.6 Å². The van der Waals surface area contributed by atoms with Crippen molar-refractivity contribution in [2.45, 2.75) is 33.4 Å². The summed E-state index contributed by atoms with van der Waals surface area (Å²) in [7, 11) is 0. The Hall–Kier alpha value is -1.55. The smallest absolute Gasteiger partial charge is 0.240 e. The van der Waals surface area contributed by atoms with Gasteiger partial charge in [-0.05, 0) is 11.5 Å². The van der Waals surface area contributed by atoms with Gasteiger partial charge < -0.3 is 15.4 Å². The highest BCUT2D eigenvalue weighted by Gasteiger charge is 2.32. The average molecular weight is 262 g/mol. The van der Waals surface area contributed by atoms with Crippen LogP contribution in [-0.4, -0.2) is 30.0 Å². The number of amides is 1. The Balaban J connectivity index is 2.17. The molecule has 0 radical (unpaired) electrons. The fourth-order valence-corrected chi connectivity index (χ4v) is 2.08.